The number of benzene rings is 1. The summed E-state index contributed by atoms with van der Waals surface area (Å²) in [6.45, 7) is 7.00. The maximum atomic E-state index is 11.8. The normalized spacial score (nSPS) is 10.2. The summed E-state index contributed by atoms with van der Waals surface area (Å²) in [5.74, 6) is 0.525. The van der Waals surface area contributed by atoms with Gasteiger partial charge in [-0.3, -0.25) is 9.59 Å². The topological polar surface area (TPSA) is 67.4 Å². The molecule has 0 saturated heterocycles. The van der Waals surface area contributed by atoms with Crippen molar-refractivity contribution in [1.82, 2.24) is 10.6 Å². The Hall–Kier alpha value is -2.04. The van der Waals surface area contributed by atoms with Gasteiger partial charge in [-0.2, -0.15) is 0 Å². The Kier molecular flexibility index (Phi) is 6.56. The third-order valence-electron chi connectivity index (χ3n) is 2.66. The maximum absolute atomic E-state index is 11.8. The molecular weight excluding hydrogens is 256 g/mol. The van der Waals surface area contributed by atoms with Gasteiger partial charge in [0.15, 0.2) is 0 Å². The van der Waals surface area contributed by atoms with Crippen molar-refractivity contribution in [3.63, 3.8) is 0 Å². The van der Waals surface area contributed by atoms with Gasteiger partial charge in [0, 0.05) is 24.6 Å². The van der Waals surface area contributed by atoms with Gasteiger partial charge in [-0.1, -0.05) is 13.8 Å². The van der Waals surface area contributed by atoms with Crippen LogP contribution in [0, 0.1) is 5.92 Å². The van der Waals surface area contributed by atoms with Crippen LogP contribution in [0.15, 0.2) is 24.3 Å². The molecule has 0 aliphatic rings. The molecule has 0 aromatic heterocycles. The first-order chi connectivity index (χ1) is 9.54. The van der Waals surface area contributed by atoms with Crippen LogP contribution in [0.1, 0.15) is 31.1 Å². The number of rotatable bonds is 7. The van der Waals surface area contributed by atoms with Crippen molar-refractivity contribution >= 4 is 11.8 Å². The number of ether oxygens (including phenoxy) is 1. The van der Waals surface area contributed by atoms with Crippen LogP contribution in [0.4, 0.5) is 0 Å². The molecule has 110 valence electrons. The highest BCUT2D eigenvalue weighted by atomic mass is 16.5. The predicted octanol–water partition coefficient (Wildman–Crippen LogP) is 1.59. The van der Waals surface area contributed by atoms with E-state index in [2.05, 4.69) is 10.6 Å². The molecule has 0 aliphatic heterocycles. The van der Waals surface area contributed by atoms with E-state index in [-0.39, 0.29) is 17.7 Å². The smallest absolute Gasteiger partial charge is 0.251 e. The summed E-state index contributed by atoms with van der Waals surface area (Å²) in [5, 5.41) is 5.49. The van der Waals surface area contributed by atoms with E-state index in [0.717, 1.165) is 5.75 Å². The molecule has 0 fully saturated rings. The van der Waals surface area contributed by atoms with Gasteiger partial charge in [0.1, 0.15) is 5.75 Å². The molecular formula is C15H22N2O3. The van der Waals surface area contributed by atoms with E-state index in [1.807, 2.05) is 20.8 Å². The molecule has 0 bridgehead atoms. The van der Waals surface area contributed by atoms with Gasteiger partial charge in [0.05, 0.1) is 6.61 Å². The number of hydrogen-bond donors (Lipinski definition) is 2. The average Bonchev–Trinajstić information content (AvgIpc) is 2.44. The Labute approximate surface area is 119 Å². The highest BCUT2D eigenvalue weighted by molar-refractivity contribution is 5.94. The van der Waals surface area contributed by atoms with Gasteiger partial charge < -0.3 is 15.4 Å². The lowest BCUT2D eigenvalue weighted by Gasteiger charge is -2.09. The minimum atomic E-state index is -0.160. The Morgan fingerprint density at radius 2 is 1.70 bits per heavy atom. The van der Waals surface area contributed by atoms with Crippen molar-refractivity contribution in [2.45, 2.75) is 20.8 Å². The van der Waals surface area contributed by atoms with Crippen LogP contribution in [-0.4, -0.2) is 31.5 Å². The Morgan fingerprint density at radius 1 is 1.10 bits per heavy atom. The fraction of sp³-hybridized carbons (Fsp3) is 0.467. The van der Waals surface area contributed by atoms with E-state index in [9.17, 15) is 9.59 Å². The average molecular weight is 278 g/mol. The summed E-state index contributed by atoms with van der Waals surface area (Å²) in [7, 11) is 0. The van der Waals surface area contributed by atoms with Crippen LogP contribution in [-0.2, 0) is 4.79 Å². The van der Waals surface area contributed by atoms with E-state index in [0.29, 0.717) is 25.3 Å². The second-order valence-corrected chi connectivity index (χ2v) is 4.66. The quantitative estimate of drug-likeness (QED) is 0.744. The second kappa shape index (κ2) is 8.19. The molecule has 5 heteroatoms. The highest BCUT2D eigenvalue weighted by Crippen LogP contribution is 2.11. The number of nitrogens with one attached hydrogen (secondary N) is 2. The summed E-state index contributed by atoms with van der Waals surface area (Å²) in [6.07, 6.45) is 0. The van der Waals surface area contributed by atoms with Crippen molar-refractivity contribution in [1.29, 1.82) is 0 Å². The molecule has 0 heterocycles. The molecule has 1 rings (SSSR count). The standard InChI is InChI=1S/C15H22N2O3/c1-4-20-13-7-5-12(6-8-13)15(19)17-10-9-16-14(18)11(2)3/h5-8,11H,4,9-10H2,1-3H3,(H,16,18)(H,17,19). The summed E-state index contributed by atoms with van der Waals surface area (Å²) >= 11 is 0. The first-order valence-corrected chi connectivity index (χ1v) is 6.83. The summed E-state index contributed by atoms with van der Waals surface area (Å²) < 4.78 is 5.31. The minimum absolute atomic E-state index is 0.0136. The molecule has 20 heavy (non-hydrogen) atoms. The molecule has 0 unspecified atom stereocenters. The molecule has 0 aliphatic carbocycles. The first-order valence-electron chi connectivity index (χ1n) is 6.83. The van der Waals surface area contributed by atoms with Gasteiger partial charge in [-0.05, 0) is 31.2 Å². The van der Waals surface area contributed by atoms with Crippen LogP contribution in [0.2, 0.25) is 0 Å². The molecule has 2 N–H and O–H groups in total. The summed E-state index contributed by atoms with van der Waals surface area (Å²) in [6, 6.07) is 6.96. The fourth-order valence-electron chi connectivity index (χ4n) is 1.54. The van der Waals surface area contributed by atoms with Gasteiger partial charge in [0.25, 0.3) is 5.91 Å². The van der Waals surface area contributed by atoms with Crippen molar-refractivity contribution in [3.05, 3.63) is 29.8 Å². The van der Waals surface area contributed by atoms with Crippen LogP contribution >= 0.6 is 0 Å². The Morgan fingerprint density at radius 3 is 2.25 bits per heavy atom. The molecule has 0 atom stereocenters. The molecule has 1 aromatic carbocycles. The van der Waals surface area contributed by atoms with Gasteiger partial charge >= 0.3 is 0 Å². The zero-order valence-corrected chi connectivity index (χ0v) is 12.2. The molecule has 0 saturated carbocycles. The molecule has 5 nitrogen and oxygen atoms in total. The molecule has 1 aromatic rings. The van der Waals surface area contributed by atoms with E-state index < -0.39 is 0 Å². The third kappa shape index (κ3) is 5.30. The summed E-state index contributed by atoms with van der Waals surface area (Å²) in [4.78, 5) is 23.1. The van der Waals surface area contributed by atoms with Crippen molar-refractivity contribution < 1.29 is 14.3 Å². The van der Waals surface area contributed by atoms with E-state index in [1.165, 1.54) is 0 Å². The Bertz CT molecular complexity index is 441. The highest BCUT2D eigenvalue weighted by Gasteiger charge is 2.07. The largest absolute Gasteiger partial charge is 0.494 e. The maximum Gasteiger partial charge on any atom is 0.251 e. The second-order valence-electron chi connectivity index (χ2n) is 4.66. The van der Waals surface area contributed by atoms with Crippen molar-refractivity contribution in [2.75, 3.05) is 19.7 Å². The third-order valence-corrected chi connectivity index (χ3v) is 2.66. The van der Waals surface area contributed by atoms with Gasteiger partial charge in [-0.15, -0.1) is 0 Å². The SMILES string of the molecule is CCOc1ccc(C(=O)NCCNC(=O)C(C)C)cc1. The zero-order chi connectivity index (χ0) is 15.0. The van der Waals surface area contributed by atoms with E-state index >= 15 is 0 Å². The fourth-order valence-corrected chi connectivity index (χ4v) is 1.54. The van der Waals surface area contributed by atoms with Crippen molar-refractivity contribution in [2.24, 2.45) is 5.92 Å². The lowest BCUT2D eigenvalue weighted by molar-refractivity contribution is -0.123. The lowest BCUT2D eigenvalue weighted by atomic mass is 10.2. The van der Waals surface area contributed by atoms with Gasteiger partial charge in [-0.25, -0.2) is 0 Å². The number of carbonyl (C=O) groups excluding carboxylic acids is 2. The predicted molar refractivity (Wildman–Crippen MR) is 77.8 cm³/mol. The van der Waals surface area contributed by atoms with Crippen LogP contribution < -0.4 is 15.4 Å². The zero-order valence-electron chi connectivity index (χ0n) is 12.2. The van der Waals surface area contributed by atoms with Gasteiger partial charge in [0.2, 0.25) is 5.91 Å². The van der Waals surface area contributed by atoms with E-state index in [4.69, 9.17) is 4.74 Å². The summed E-state index contributed by atoms with van der Waals surface area (Å²) in [5.41, 5.74) is 0.573. The molecule has 0 spiro atoms. The number of carbonyl (C=O) groups is 2. The lowest BCUT2D eigenvalue weighted by Crippen LogP contribution is -2.36. The van der Waals surface area contributed by atoms with E-state index in [1.54, 1.807) is 24.3 Å². The monoisotopic (exact) mass is 278 g/mol. The first kappa shape index (κ1) is 16.0. The number of hydrogen-bond acceptors (Lipinski definition) is 3. The number of amides is 2. The van der Waals surface area contributed by atoms with Crippen LogP contribution in [0.3, 0.4) is 0 Å². The minimum Gasteiger partial charge on any atom is -0.494 e. The van der Waals surface area contributed by atoms with Crippen LogP contribution in [0.5, 0.6) is 5.75 Å². The Balaban J connectivity index is 2.34. The van der Waals surface area contributed by atoms with Crippen LogP contribution in [0.25, 0.3) is 0 Å². The molecule has 0 radical (unpaired) electrons. The van der Waals surface area contributed by atoms with Crippen molar-refractivity contribution in [3.8, 4) is 5.75 Å². The molecule has 2 amide bonds.